The van der Waals surface area contributed by atoms with Gasteiger partial charge in [-0.15, -0.1) is 0 Å². The highest BCUT2D eigenvalue weighted by Crippen LogP contribution is 2.15. The lowest BCUT2D eigenvalue weighted by Crippen LogP contribution is -2.06. The van der Waals surface area contributed by atoms with Crippen molar-refractivity contribution in [1.29, 1.82) is 0 Å². The minimum Gasteiger partial charge on any atom is -0.393 e. The van der Waals surface area contributed by atoms with Crippen molar-refractivity contribution in [2.24, 2.45) is 0 Å². The van der Waals surface area contributed by atoms with Gasteiger partial charge in [0.25, 0.3) is 0 Å². The summed E-state index contributed by atoms with van der Waals surface area (Å²) in [6, 6.07) is 6.61. The Morgan fingerprint density at radius 3 is 2.62 bits per heavy atom. The molecule has 1 aromatic carbocycles. The highest BCUT2D eigenvalue weighted by atomic mass is 16.3. The zero-order valence-corrected chi connectivity index (χ0v) is 10.8. The molecule has 1 heteroatoms. The standard InChI is InChI=1S/C15H24O/c1-4-6-15(16)8-5-7-14-11-12(2)9-10-13(14)3/h9-11,15-16H,4-8H2,1-3H3. The number of hydrogen-bond acceptors (Lipinski definition) is 1. The van der Waals surface area contributed by atoms with Gasteiger partial charge in [-0.2, -0.15) is 0 Å². The van der Waals surface area contributed by atoms with Crippen LogP contribution in [0.4, 0.5) is 0 Å². The third kappa shape index (κ3) is 4.36. The highest BCUT2D eigenvalue weighted by Gasteiger charge is 2.04. The second kappa shape index (κ2) is 6.70. The molecular formula is C15H24O. The van der Waals surface area contributed by atoms with Crippen LogP contribution in [0.2, 0.25) is 0 Å². The van der Waals surface area contributed by atoms with Crippen molar-refractivity contribution < 1.29 is 5.11 Å². The van der Waals surface area contributed by atoms with Gasteiger partial charge in [-0.1, -0.05) is 37.1 Å². The molecule has 0 saturated heterocycles. The fourth-order valence-electron chi connectivity index (χ4n) is 2.08. The van der Waals surface area contributed by atoms with Gasteiger partial charge in [-0.3, -0.25) is 0 Å². The third-order valence-corrected chi connectivity index (χ3v) is 3.11. The van der Waals surface area contributed by atoms with Crippen LogP contribution in [0.5, 0.6) is 0 Å². The summed E-state index contributed by atoms with van der Waals surface area (Å²) in [6.45, 7) is 6.42. The van der Waals surface area contributed by atoms with Crippen LogP contribution in [0.15, 0.2) is 18.2 Å². The first-order valence-electron chi connectivity index (χ1n) is 6.37. The van der Waals surface area contributed by atoms with Crippen LogP contribution in [0, 0.1) is 13.8 Å². The molecule has 1 N–H and O–H groups in total. The number of rotatable bonds is 6. The van der Waals surface area contributed by atoms with Gasteiger partial charge in [0, 0.05) is 0 Å². The molecular weight excluding hydrogens is 196 g/mol. The average molecular weight is 220 g/mol. The molecule has 0 saturated carbocycles. The van der Waals surface area contributed by atoms with Crippen LogP contribution >= 0.6 is 0 Å². The van der Waals surface area contributed by atoms with E-state index in [9.17, 15) is 5.11 Å². The maximum atomic E-state index is 9.65. The summed E-state index contributed by atoms with van der Waals surface area (Å²) in [5.41, 5.74) is 4.13. The lowest BCUT2D eigenvalue weighted by Gasteiger charge is -2.10. The monoisotopic (exact) mass is 220 g/mol. The lowest BCUT2D eigenvalue weighted by atomic mass is 9.99. The summed E-state index contributed by atoms with van der Waals surface area (Å²) in [5.74, 6) is 0. The van der Waals surface area contributed by atoms with Crippen LogP contribution in [0.25, 0.3) is 0 Å². The van der Waals surface area contributed by atoms with E-state index in [0.29, 0.717) is 0 Å². The van der Waals surface area contributed by atoms with E-state index >= 15 is 0 Å². The predicted octanol–water partition coefficient (Wildman–Crippen LogP) is 3.79. The van der Waals surface area contributed by atoms with Crippen molar-refractivity contribution in [3.63, 3.8) is 0 Å². The van der Waals surface area contributed by atoms with Crippen molar-refractivity contribution in [1.82, 2.24) is 0 Å². The summed E-state index contributed by atoms with van der Waals surface area (Å²) in [4.78, 5) is 0. The fourth-order valence-corrected chi connectivity index (χ4v) is 2.08. The lowest BCUT2D eigenvalue weighted by molar-refractivity contribution is 0.151. The molecule has 0 aliphatic carbocycles. The van der Waals surface area contributed by atoms with Gasteiger partial charge in [0.1, 0.15) is 0 Å². The molecule has 0 aromatic heterocycles. The molecule has 0 heterocycles. The van der Waals surface area contributed by atoms with E-state index in [0.717, 1.165) is 32.1 Å². The molecule has 1 unspecified atom stereocenters. The van der Waals surface area contributed by atoms with E-state index in [1.807, 2.05) is 0 Å². The second-order valence-electron chi connectivity index (χ2n) is 4.76. The van der Waals surface area contributed by atoms with Crippen molar-refractivity contribution >= 4 is 0 Å². The van der Waals surface area contributed by atoms with Gasteiger partial charge >= 0.3 is 0 Å². The van der Waals surface area contributed by atoms with E-state index in [1.165, 1.54) is 16.7 Å². The van der Waals surface area contributed by atoms with Crippen LogP contribution in [0.1, 0.15) is 49.3 Å². The van der Waals surface area contributed by atoms with E-state index in [-0.39, 0.29) is 6.10 Å². The van der Waals surface area contributed by atoms with Crippen LogP contribution in [-0.2, 0) is 6.42 Å². The zero-order chi connectivity index (χ0) is 12.0. The Bertz CT molecular complexity index is 317. The molecule has 0 aliphatic rings. The molecule has 90 valence electrons. The van der Waals surface area contributed by atoms with Crippen molar-refractivity contribution in [2.45, 2.75) is 59.0 Å². The summed E-state index contributed by atoms with van der Waals surface area (Å²) < 4.78 is 0. The maximum Gasteiger partial charge on any atom is 0.0540 e. The summed E-state index contributed by atoms with van der Waals surface area (Å²) in [7, 11) is 0. The smallest absolute Gasteiger partial charge is 0.0540 e. The number of hydrogen-bond donors (Lipinski definition) is 1. The van der Waals surface area contributed by atoms with E-state index in [2.05, 4.69) is 39.0 Å². The number of aliphatic hydroxyl groups is 1. The second-order valence-corrected chi connectivity index (χ2v) is 4.76. The van der Waals surface area contributed by atoms with E-state index in [1.54, 1.807) is 0 Å². The maximum absolute atomic E-state index is 9.65. The van der Waals surface area contributed by atoms with Gasteiger partial charge in [0.05, 0.1) is 6.10 Å². The molecule has 1 atom stereocenters. The molecule has 1 nitrogen and oxygen atoms in total. The Hall–Kier alpha value is -0.820. The molecule has 1 aromatic rings. The van der Waals surface area contributed by atoms with Gasteiger partial charge in [-0.05, 0) is 50.7 Å². The Morgan fingerprint density at radius 2 is 1.94 bits per heavy atom. The Morgan fingerprint density at radius 1 is 1.19 bits per heavy atom. The molecule has 1 rings (SSSR count). The zero-order valence-electron chi connectivity index (χ0n) is 10.8. The van der Waals surface area contributed by atoms with Crippen molar-refractivity contribution in [2.75, 3.05) is 0 Å². The highest BCUT2D eigenvalue weighted by molar-refractivity contribution is 5.30. The molecule has 0 amide bonds. The molecule has 0 radical (unpaired) electrons. The molecule has 0 bridgehead atoms. The summed E-state index contributed by atoms with van der Waals surface area (Å²) >= 11 is 0. The van der Waals surface area contributed by atoms with Crippen molar-refractivity contribution in [3.05, 3.63) is 34.9 Å². The number of aliphatic hydroxyl groups excluding tert-OH is 1. The van der Waals surface area contributed by atoms with E-state index < -0.39 is 0 Å². The summed E-state index contributed by atoms with van der Waals surface area (Å²) in [5, 5.41) is 9.65. The molecule has 0 aliphatic heterocycles. The Kier molecular flexibility index (Phi) is 5.54. The SMILES string of the molecule is CCCC(O)CCCc1cc(C)ccc1C. The van der Waals surface area contributed by atoms with Gasteiger partial charge < -0.3 is 5.11 Å². The topological polar surface area (TPSA) is 20.2 Å². The Balaban J connectivity index is 2.39. The minimum atomic E-state index is -0.102. The van der Waals surface area contributed by atoms with Crippen LogP contribution in [0.3, 0.4) is 0 Å². The number of benzene rings is 1. The van der Waals surface area contributed by atoms with Gasteiger partial charge in [0.2, 0.25) is 0 Å². The molecule has 16 heavy (non-hydrogen) atoms. The first kappa shape index (κ1) is 13.2. The van der Waals surface area contributed by atoms with Gasteiger partial charge in [0.15, 0.2) is 0 Å². The first-order valence-corrected chi connectivity index (χ1v) is 6.37. The first-order chi connectivity index (χ1) is 7.63. The number of aryl methyl sites for hydroxylation is 3. The van der Waals surface area contributed by atoms with Gasteiger partial charge in [-0.25, -0.2) is 0 Å². The van der Waals surface area contributed by atoms with Crippen molar-refractivity contribution in [3.8, 4) is 0 Å². The third-order valence-electron chi connectivity index (χ3n) is 3.11. The largest absolute Gasteiger partial charge is 0.393 e. The van der Waals surface area contributed by atoms with Crippen LogP contribution < -0.4 is 0 Å². The normalized spacial score (nSPS) is 12.8. The predicted molar refractivity (Wildman–Crippen MR) is 69.8 cm³/mol. The molecule has 0 spiro atoms. The van der Waals surface area contributed by atoms with Crippen LogP contribution in [-0.4, -0.2) is 11.2 Å². The summed E-state index contributed by atoms with van der Waals surface area (Å²) in [6.07, 6.45) is 5.02. The average Bonchev–Trinajstić information content (AvgIpc) is 2.23. The molecule has 0 fully saturated rings. The van der Waals surface area contributed by atoms with E-state index in [4.69, 9.17) is 0 Å². The quantitative estimate of drug-likeness (QED) is 0.773. The Labute approximate surface area is 99.5 Å². The fraction of sp³-hybridized carbons (Fsp3) is 0.600. The minimum absolute atomic E-state index is 0.102.